The monoisotopic (exact) mass is 290 g/mol. The van der Waals surface area contributed by atoms with Gasteiger partial charge in [-0.1, -0.05) is 24.3 Å². The smallest absolute Gasteiger partial charge is 0.316 e. The van der Waals surface area contributed by atoms with E-state index in [0.717, 1.165) is 11.8 Å². The first-order chi connectivity index (χ1) is 9.56. The van der Waals surface area contributed by atoms with E-state index in [9.17, 15) is 14.4 Å². The Bertz CT molecular complexity index is 616. The molecule has 1 aromatic rings. The van der Waals surface area contributed by atoms with Crippen molar-refractivity contribution in [1.29, 1.82) is 0 Å². The zero-order chi connectivity index (χ0) is 14.7. The molecule has 4 nitrogen and oxygen atoms in total. The van der Waals surface area contributed by atoms with Crippen molar-refractivity contribution < 1.29 is 19.1 Å². The van der Waals surface area contributed by atoms with Crippen molar-refractivity contribution in [2.24, 2.45) is 0 Å². The van der Waals surface area contributed by atoms with Gasteiger partial charge in [0.2, 0.25) is 5.78 Å². The van der Waals surface area contributed by atoms with Crippen LogP contribution in [-0.4, -0.2) is 29.9 Å². The maximum atomic E-state index is 12.4. The predicted octanol–water partition coefficient (Wildman–Crippen LogP) is 2.64. The minimum Gasteiger partial charge on any atom is -0.465 e. The highest BCUT2D eigenvalue weighted by atomic mass is 32.2. The SMILES string of the molecule is CCOC(=O)CSC1=C(C)C(=O)c2ccccc2C1=O. The highest BCUT2D eigenvalue weighted by Crippen LogP contribution is 2.32. The molecule has 0 saturated carbocycles. The minimum atomic E-state index is -0.392. The molecule has 0 fully saturated rings. The largest absolute Gasteiger partial charge is 0.465 e. The van der Waals surface area contributed by atoms with E-state index in [1.807, 2.05) is 0 Å². The molecule has 0 heterocycles. The zero-order valence-corrected chi connectivity index (χ0v) is 12.1. The Morgan fingerprint density at radius 3 is 2.35 bits per heavy atom. The molecular formula is C15H14O4S. The van der Waals surface area contributed by atoms with Crippen LogP contribution in [0.5, 0.6) is 0 Å². The third-order valence-corrected chi connectivity index (χ3v) is 4.10. The second kappa shape index (κ2) is 6.05. The Morgan fingerprint density at radius 1 is 1.15 bits per heavy atom. The standard InChI is InChI=1S/C15H14O4S/c1-3-19-12(16)8-20-15-9(2)13(17)10-6-4-5-7-11(10)14(15)18/h4-7H,3,8H2,1-2H3. The number of ether oxygens (including phenoxy) is 1. The summed E-state index contributed by atoms with van der Waals surface area (Å²) in [6, 6.07) is 6.73. The van der Waals surface area contributed by atoms with E-state index in [-0.39, 0.29) is 17.3 Å². The lowest BCUT2D eigenvalue weighted by Crippen LogP contribution is -2.20. The number of allylic oxidation sites excluding steroid dienone is 2. The highest BCUT2D eigenvalue weighted by Gasteiger charge is 2.30. The summed E-state index contributed by atoms with van der Waals surface area (Å²) in [5, 5.41) is 0. The fraction of sp³-hybridized carbons (Fsp3) is 0.267. The van der Waals surface area contributed by atoms with Gasteiger partial charge in [0.1, 0.15) is 0 Å². The number of esters is 1. The van der Waals surface area contributed by atoms with Gasteiger partial charge in [0.25, 0.3) is 0 Å². The summed E-state index contributed by atoms with van der Waals surface area (Å²) < 4.78 is 4.82. The number of thioether (sulfide) groups is 1. The molecule has 0 unspecified atom stereocenters. The second-order valence-corrected chi connectivity index (χ2v) is 5.24. The van der Waals surface area contributed by atoms with Crippen molar-refractivity contribution >= 4 is 29.3 Å². The molecule has 0 aromatic heterocycles. The molecule has 0 N–H and O–H groups in total. The van der Waals surface area contributed by atoms with Crippen LogP contribution in [-0.2, 0) is 9.53 Å². The molecule has 0 aliphatic heterocycles. The van der Waals surface area contributed by atoms with Crippen LogP contribution in [0.1, 0.15) is 34.6 Å². The highest BCUT2D eigenvalue weighted by molar-refractivity contribution is 8.04. The van der Waals surface area contributed by atoms with Gasteiger partial charge in [-0.2, -0.15) is 0 Å². The average Bonchev–Trinajstić information content (AvgIpc) is 2.45. The maximum absolute atomic E-state index is 12.4. The van der Waals surface area contributed by atoms with Crippen LogP contribution in [0, 0.1) is 0 Å². The molecule has 20 heavy (non-hydrogen) atoms. The molecule has 5 heteroatoms. The van der Waals surface area contributed by atoms with Crippen molar-refractivity contribution in [3.05, 3.63) is 45.9 Å². The van der Waals surface area contributed by atoms with Crippen molar-refractivity contribution in [2.75, 3.05) is 12.4 Å². The Balaban J connectivity index is 2.26. The van der Waals surface area contributed by atoms with E-state index in [0.29, 0.717) is 28.2 Å². The lowest BCUT2D eigenvalue weighted by molar-refractivity contribution is -0.139. The number of carbonyl (C=O) groups is 3. The van der Waals surface area contributed by atoms with Crippen LogP contribution in [0.3, 0.4) is 0 Å². The van der Waals surface area contributed by atoms with Crippen LogP contribution in [0.4, 0.5) is 0 Å². The molecule has 0 saturated heterocycles. The van der Waals surface area contributed by atoms with Crippen molar-refractivity contribution in [1.82, 2.24) is 0 Å². The Labute approximate surface area is 121 Å². The first-order valence-electron chi connectivity index (χ1n) is 6.24. The second-order valence-electron chi connectivity index (χ2n) is 4.25. The van der Waals surface area contributed by atoms with Gasteiger partial charge in [-0.05, 0) is 13.8 Å². The van der Waals surface area contributed by atoms with Crippen molar-refractivity contribution in [2.45, 2.75) is 13.8 Å². The molecule has 0 atom stereocenters. The lowest BCUT2D eigenvalue weighted by Gasteiger charge is -2.18. The van der Waals surface area contributed by atoms with Crippen LogP contribution < -0.4 is 0 Å². The zero-order valence-electron chi connectivity index (χ0n) is 11.3. The predicted molar refractivity (Wildman–Crippen MR) is 76.9 cm³/mol. The number of ketones is 2. The molecule has 1 aliphatic rings. The van der Waals surface area contributed by atoms with E-state index in [1.165, 1.54) is 0 Å². The Kier molecular flexibility index (Phi) is 4.39. The Morgan fingerprint density at radius 2 is 1.75 bits per heavy atom. The van der Waals surface area contributed by atoms with E-state index >= 15 is 0 Å². The number of fused-ring (bicyclic) bond motifs is 1. The Hall–Kier alpha value is -1.88. The quantitative estimate of drug-likeness (QED) is 0.798. The van der Waals surface area contributed by atoms with E-state index in [4.69, 9.17) is 4.74 Å². The lowest BCUT2D eigenvalue weighted by atomic mass is 9.90. The van der Waals surface area contributed by atoms with Gasteiger partial charge in [0.05, 0.1) is 17.3 Å². The van der Waals surface area contributed by atoms with Gasteiger partial charge in [0.15, 0.2) is 5.78 Å². The molecular weight excluding hydrogens is 276 g/mol. The van der Waals surface area contributed by atoms with Gasteiger partial charge < -0.3 is 4.74 Å². The van der Waals surface area contributed by atoms with Gasteiger partial charge in [-0.3, -0.25) is 14.4 Å². The number of rotatable bonds is 4. The summed E-state index contributed by atoms with van der Waals surface area (Å²) in [5.74, 6) is -0.725. The number of benzene rings is 1. The molecule has 2 rings (SSSR count). The molecule has 0 amide bonds. The first-order valence-corrected chi connectivity index (χ1v) is 7.22. The van der Waals surface area contributed by atoms with E-state index in [2.05, 4.69) is 0 Å². The minimum absolute atomic E-state index is 0.0295. The molecule has 0 bridgehead atoms. The topological polar surface area (TPSA) is 60.4 Å². The fourth-order valence-electron chi connectivity index (χ4n) is 1.98. The fourth-order valence-corrected chi connectivity index (χ4v) is 2.88. The molecule has 1 aliphatic carbocycles. The van der Waals surface area contributed by atoms with Gasteiger partial charge >= 0.3 is 5.97 Å². The normalized spacial score (nSPS) is 14.3. The van der Waals surface area contributed by atoms with Crippen molar-refractivity contribution in [3.8, 4) is 0 Å². The summed E-state index contributed by atoms with van der Waals surface area (Å²) in [6.07, 6.45) is 0. The van der Waals surface area contributed by atoms with Crippen LogP contribution in [0.2, 0.25) is 0 Å². The average molecular weight is 290 g/mol. The van der Waals surface area contributed by atoms with Gasteiger partial charge in [-0.15, -0.1) is 11.8 Å². The van der Waals surface area contributed by atoms with E-state index in [1.54, 1.807) is 38.1 Å². The van der Waals surface area contributed by atoms with Gasteiger partial charge in [-0.25, -0.2) is 0 Å². The van der Waals surface area contributed by atoms with Crippen LogP contribution >= 0.6 is 11.8 Å². The third kappa shape index (κ3) is 2.67. The van der Waals surface area contributed by atoms with Crippen LogP contribution in [0.15, 0.2) is 34.7 Å². The summed E-state index contributed by atoms with van der Waals surface area (Å²) in [6.45, 7) is 3.63. The first kappa shape index (κ1) is 14.5. The molecule has 0 spiro atoms. The van der Waals surface area contributed by atoms with Crippen LogP contribution in [0.25, 0.3) is 0 Å². The number of carbonyl (C=O) groups excluding carboxylic acids is 3. The summed E-state index contributed by atoms with van der Waals surface area (Å²) in [7, 11) is 0. The number of hydrogen-bond donors (Lipinski definition) is 0. The third-order valence-electron chi connectivity index (χ3n) is 2.94. The summed E-state index contributed by atoms with van der Waals surface area (Å²) in [5.41, 5.74) is 1.22. The number of hydrogen-bond acceptors (Lipinski definition) is 5. The van der Waals surface area contributed by atoms with Gasteiger partial charge in [0, 0.05) is 16.7 Å². The summed E-state index contributed by atoms with van der Waals surface area (Å²) in [4.78, 5) is 36.3. The molecule has 0 radical (unpaired) electrons. The number of Topliss-reactive ketones (excluding diaryl/α,β-unsaturated/α-hetero) is 2. The summed E-state index contributed by atoms with van der Waals surface area (Å²) >= 11 is 1.06. The van der Waals surface area contributed by atoms with Crippen molar-refractivity contribution in [3.63, 3.8) is 0 Å². The van der Waals surface area contributed by atoms with E-state index < -0.39 is 5.97 Å². The maximum Gasteiger partial charge on any atom is 0.316 e. The molecule has 1 aromatic carbocycles. The molecule has 104 valence electrons.